The van der Waals surface area contributed by atoms with Gasteiger partial charge in [-0.05, 0) is 32.7 Å². The van der Waals surface area contributed by atoms with Gasteiger partial charge in [-0.2, -0.15) is 0 Å². The fraction of sp³-hybridized carbons (Fsp3) is 0.900. The summed E-state index contributed by atoms with van der Waals surface area (Å²) in [7, 11) is 0. The van der Waals surface area contributed by atoms with E-state index in [-0.39, 0.29) is 11.3 Å². The summed E-state index contributed by atoms with van der Waals surface area (Å²) in [6, 6.07) is 0. The molecule has 1 rings (SSSR count). The lowest BCUT2D eigenvalue weighted by molar-refractivity contribution is -0.131. The summed E-state index contributed by atoms with van der Waals surface area (Å²) in [6.07, 6.45) is 3.13. The molecule has 1 amide bonds. The molecule has 0 aromatic rings. The molecule has 13 heavy (non-hydrogen) atoms. The average molecular weight is 184 g/mol. The second kappa shape index (κ2) is 4.61. The maximum Gasteiger partial charge on any atom is 0.227 e. The second-order valence-electron chi connectivity index (χ2n) is 4.10. The van der Waals surface area contributed by atoms with E-state index in [2.05, 4.69) is 17.6 Å². The van der Waals surface area contributed by atoms with Crippen LogP contribution in [-0.4, -0.2) is 25.5 Å². The standard InChI is InChI=1S/C10H20N2O/c1-3-6-12-9(13)10(2)5-4-7-11-8-10/h11H,3-8H2,1-2H3,(H,12,13). The van der Waals surface area contributed by atoms with Gasteiger partial charge in [-0.3, -0.25) is 4.79 Å². The third-order valence-corrected chi connectivity index (χ3v) is 2.68. The molecule has 1 unspecified atom stereocenters. The molecule has 1 atom stereocenters. The largest absolute Gasteiger partial charge is 0.356 e. The number of piperidine rings is 1. The number of nitrogens with one attached hydrogen (secondary N) is 2. The Morgan fingerprint density at radius 1 is 1.62 bits per heavy atom. The van der Waals surface area contributed by atoms with E-state index in [0.717, 1.165) is 38.9 Å². The van der Waals surface area contributed by atoms with Crippen molar-refractivity contribution in [2.24, 2.45) is 5.41 Å². The van der Waals surface area contributed by atoms with Gasteiger partial charge in [0.15, 0.2) is 0 Å². The number of rotatable bonds is 3. The molecular formula is C10H20N2O. The van der Waals surface area contributed by atoms with Crippen molar-refractivity contribution in [2.45, 2.75) is 33.1 Å². The lowest BCUT2D eigenvalue weighted by atomic mass is 9.82. The van der Waals surface area contributed by atoms with Gasteiger partial charge >= 0.3 is 0 Å². The summed E-state index contributed by atoms with van der Waals surface area (Å²) in [5.41, 5.74) is -0.173. The SMILES string of the molecule is CCCNC(=O)C1(C)CCCNC1. The molecule has 0 spiro atoms. The topological polar surface area (TPSA) is 41.1 Å². The van der Waals surface area contributed by atoms with Gasteiger partial charge in [0.05, 0.1) is 5.41 Å². The van der Waals surface area contributed by atoms with E-state index >= 15 is 0 Å². The highest BCUT2D eigenvalue weighted by atomic mass is 16.2. The molecule has 1 heterocycles. The highest BCUT2D eigenvalue weighted by Gasteiger charge is 2.33. The van der Waals surface area contributed by atoms with Crippen molar-refractivity contribution in [3.05, 3.63) is 0 Å². The summed E-state index contributed by atoms with van der Waals surface area (Å²) in [5.74, 6) is 0.210. The van der Waals surface area contributed by atoms with Crippen LogP contribution in [0.15, 0.2) is 0 Å². The summed E-state index contributed by atoms with van der Waals surface area (Å²) in [4.78, 5) is 11.7. The van der Waals surface area contributed by atoms with Crippen LogP contribution in [0.2, 0.25) is 0 Å². The molecule has 1 fully saturated rings. The molecule has 1 saturated heterocycles. The van der Waals surface area contributed by atoms with E-state index < -0.39 is 0 Å². The minimum absolute atomic E-state index is 0.173. The van der Waals surface area contributed by atoms with E-state index in [0.29, 0.717) is 0 Å². The molecule has 0 aliphatic carbocycles. The predicted octanol–water partition coefficient (Wildman–Crippen LogP) is 0.902. The van der Waals surface area contributed by atoms with Crippen LogP contribution < -0.4 is 10.6 Å². The Kier molecular flexibility index (Phi) is 3.72. The first-order valence-electron chi connectivity index (χ1n) is 5.18. The molecule has 1 aliphatic heterocycles. The summed E-state index contributed by atoms with van der Waals surface area (Å²) in [6.45, 7) is 6.79. The number of amides is 1. The van der Waals surface area contributed by atoms with Crippen molar-refractivity contribution >= 4 is 5.91 Å². The van der Waals surface area contributed by atoms with Crippen molar-refractivity contribution in [1.29, 1.82) is 0 Å². The second-order valence-corrected chi connectivity index (χ2v) is 4.10. The van der Waals surface area contributed by atoms with E-state index in [1.165, 1.54) is 0 Å². The molecule has 0 aromatic heterocycles. The number of carbonyl (C=O) groups is 1. The zero-order chi connectivity index (χ0) is 9.73. The third kappa shape index (κ3) is 2.69. The van der Waals surface area contributed by atoms with Gasteiger partial charge in [-0.15, -0.1) is 0 Å². The summed E-state index contributed by atoms with van der Waals surface area (Å²) in [5, 5.41) is 6.24. The monoisotopic (exact) mass is 184 g/mol. The molecule has 2 N–H and O–H groups in total. The lowest BCUT2D eigenvalue weighted by Gasteiger charge is -2.32. The third-order valence-electron chi connectivity index (χ3n) is 2.68. The Labute approximate surface area is 80.3 Å². The Hall–Kier alpha value is -0.570. The lowest BCUT2D eigenvalue weighted by Crippen LogP contribution is -2.48. The Morgan fingerprint density at radius 2 is 2.38 bits per heavy atom. The summed E-state index contributed by atoms with van der Waals surface area (Å²) >= 11 is 0. The van der Waals surface area contributed by atoms with E-state index in [1.807, 2.05) is 6.92 Å². The number of hydrogen-bond acceptors (Lipinski definition) is 2. The van der Waals surface area contributed by atoms with Crippen molar-refractivity contribution in [3.8, 4) is 0 Å². The Balaban J connectivity index is 2.42. The molecule has 0 saturated carbocycles. The van der Waals surface area contributed by atoms with Crippen LogP contribution in [0.1, 0.15) is 33.1 Å². The smallest absolute Gasteiger partial charge is 0.227 e. The molecule has 3 nitrogen and oxygen atoms in total. The molecule has 0 radical (unpaired) electrons. The predicted molar refractivity (Wildman–Crippen MR) is 53.5 cm³/mol. The molecular weight excluding hydrogens is 164 g/mol. The van der Waals surface area contributed by atoms with Crippen LogP contribution in [0.3, 0.4) is 0 Å². The summed E-state index contributed by atoms with van der Waals surface area (Å²) < 4.78 is 0. The molecule has 1 aliphatic rings. The molecule has 0 bridgehead atoms. The number of hydrogen-bond donors (Lipinski definition) is 2. The first kappa shape index (κ1) is 10.5. The van der Waals surface area contributed by atoms with E-state index in [1.54, 1.807) is 0 Å². The van der Waals surface area contributed by atoms with Crippen LogP contribution in [0, 0.1) is 5.41 Å². The Bertz CT molecular complexity index is 174. The van der Waals surface area contributed by atoms with Crippen LogP contribution >= 0.6 is 0 Å². The zero-order valence-corrected chi connectivity index (χ0v) is 8.65. The molecule has 76 valence electrons. The van der Waals surface area contributed by atoms with Gasteiger partial charge in [0.25, 0.3) is 0 Å². The van der Waals surface area contributed by atoms with Gasteiger partial charge in [0, 0.05) is 13.1 Å². The minimum Gasteiger partial charge on any atom is -0.356 e. The van der Waals surface area contributed by atoms with Crippen LogP contribution in [0.5, 0.6) is 0 Å². The number of carbonyl (C=O) groups excluding carboxylic acids is 1. The quantitative estimate of drug-likeness (QED) is 0.684. The maximum absolute atomic E-state index is 11.7. The minimum atomic E-state index is -0.173. The van der Waals surface area contributed by atoms with Gasteiger partial charge < -0.3 is 10.6 Å². The molecule has 3 heteroatoms. The maximum atomic E-state index is 11.7. The highest BCUT2D eigenvalue weighted by molar-refractivity contribution is 5.82. The van der Waals surface area contributed by atoms with Crippen LogP contribution in [-0.2, 0) is 4.79 Å². The Morgan fingerprint density at radius 3 is 2.92 bits per heavy atom. The van der Waals surface area contributed by atoms with E-state index in [9.17, 15) is 4.79 Å². The fourth-order valence-corrected chi connectivity index (χ4v) is 1.70. The van der Waals surface area contributed by atoms with Gasteiger partial charge in [-0.1, -0.05) is 6.92 Å². The van der Waals surface area contributed by atoms with Crippen molar-refractivity contribution in [3.63, 3.8) is 0 Å². The van der Waals surface area contributed by atoms with Crippen molar-refractivity contribution in [2.75, 3.05) is 19.6 Å². The first-order valence-corrected chi connectivity index (χ1v) is 5.18. The average Bonchev–Trinajstić information content (AvgIpc) is 2.15. The van der Waals surface area contributed by atoms with Crippen LogP contribution in [0.4, 0.5) is 0 Å². The normalized spacial score (nSPS) is 28.5. The molecule has 0 aromatic carbocycles. The first-order chi connectivity index (χ1) is 6.19. The highest BCUT2D eigenvalue weighted by Crippen LogP contribution is 2.25. The van der Waals surface area contributed by atoms with Crippen molar-refractivity contribution in [1.82, 2.24) is 10.6 Å². The van der Waals surface area contributed by atoms with Crippen molar-refractivity contribution < 1.29 is 4.79 Å². The van der Waals surface area contributed by atoms with Gasteiger partial charge in [-0.25, -0.2) is 0 Å². The van der Waals surface area contributed by atoms with Gasteiger partial charge in [0.1, 0.15) is 0 Å². The van der Waals surface area contributed by atoms with E-state index in [4.69, 9.17) is 0 Å². The fourth-order valence-electron chi connectivity index (χ4n) is 1.70. The van der Waals surface area contributed by atoms with Crippen LogP contribution in [0.25, 0.3) is 0 Å². The zero-order valence-electron chi connectivity index (χ0n) is 8.65. The van der Waals surface area contributed by atoms with Gasteiger partial charge in [0.2, 0.25) is 5.91 Å².